The first-order valence-corrected chi connectivity index (χ1v) is 9.23. The first-order chi connectivity index (χ1) is 11.0. The van der Waals surface area contributed by atoms with Crippen molar-refractivity contribution in [3.05, 3.63) is 23.2 Å². The Hall–Kier alpha value is -1.35. The van der Waals surface area contributed by atoms with Crippen molar-refractivity contribution in [2.24, 2.45) is 0 Å². The van der Waals surface area contributed by atoms with E-state index in [4.69, 9.17) is 16.3 Å². The summed E-state index contributed by atoms with van der Waals surface area (Å²) in [5, 5.41) is 5.66. The molecule has 0 unspecified atom stereocenters. The molecule has 2 N–H and O–H groups in total. The quantitative estimate of drug-likeness (QED) is 0.855. The Bertz CT molecular complexity index is 700. The number of hydrogen-bond donors (Lipinski definition) is 2. The molecule has 2 amide bonds. The zero-order chi connectivity index (χ0) is 16.4. The summed E-state index contributed by atoms with van der Waals surface area (Å²) in [6, 6.07) is 4.13. The van der Waals surface area contributed by atoms with Crippen molar-refractivity contribution in [2.45, 2.75) is 23.8 Å². The molecule has 1 heterocycles. The maximum absolute atomic E-state index is 12.6. The minimum atomic E-state index is -3.62. The second kappa shape index (κ2) is 6.64. The fourth-order valence-corrected chi connectivity index (χ4v) is 3.87. The highest BCUT2D eigenvalue weighted by Gasteiger charge is 2.27. The summed E-state index contributed by atoms with van der Waals surface area (Å²) in [6.07, 6.45) is 1.93. The third-order valence-electron chi connectivity index (χ3n) is 3.71. The number of carbonyl (C=O) groups excluding carboxylic acids is 1. The predicted molar refractivity (Wildman–Crippen MR) is 86.2 cm³/mol. The Morgan fingerprint density at radius 3 is 2.61 bits per heavy atom. The second-order valence-corrected chi connectivity index (χ2v) is 7.88. The van der Waals surface area contributed by atoms with E-state index in [0.717, 1.165) is 12.8 Å². The highest BCUT2D eigenvalue weighted by molar-refractivity contribution is 7.89. The van der Waals surface area contributed by atoms with E-state index in [1.807, 2.05) is 0 Å². The van der Waals surface area contributed by atoms with E-state index in [9.17, 15) is 13.2 Å². The highest BCUT2D eigenvalue weighted by atomic mass is 35.5. The minimum absolute atomic E-state index is 0.102. The summed E-state index contributed by atoms with van der Waals surface area (Å²) in [7, 11) is -3.62. The lowest BCUT2D eigenvalue weighted by Gasteiger charge is -2.26. The molecule has 1 saturated heterocycles. The summed E-state index contributed by atoms with van der Waals surface area (Å²) in [4.78, 5) is 11.9. The molecule has 7 nitrogen and oxygen atoms in total. The summed E-state index contributed by atoms with van der Waals surface area (Å²) in [6.45, 7) is 1.38. The van der Waals surface area contributed by atoms with Gasteiger partial charge in [0.1, 0.15) is 0 Å². The molecule has 1 saturated carbocycles. The molecule has 1 aromatic carbocycles. The van der Waals surface area contributed by atoms with Crippen molar-refractivity contribution >= 4 is 33.3 Å². The number of amides is 2. The summed E-state index contributed by atoms with van der Waals surface area (Å²) < 4.78 is 31.8. The number of carbonyl (C=O) groups is 1. The molecule has 0 spiro atoms. The number of ether oxygens (including phenoxy) is 1. The van der Waals surface area contributed by atoms with Crippen LogP contribution in [0.15, 0.2) is 23.1 Å². The molecule has 0 atom stereocenters. The number of urea groups is 1. The topological polar surface area (TPSA) is 87.7 Å². The third-order valence-corrected chi connectivity index (χ3v) is 5.93. The van der Waals surface area contributed by atoms with Crippen LogP contribution < -0.4 is 10.6 Å². The highest BCUT2D eigenvalue weighted by Crippen LogP contribution is 2.27. The van der Waals surface area contributed by atoms with Crippen molar-refractivity contribution in [3.63, 3.8) is 0 Å². The Kier molecular flexibility index (Phi) is 4.77. The van der Waals surface area contributed by atoms with E-state index < -0.39 is 10.0 Å². The van der Waals surface area contributed by atoms with Gasteiger partial charge < -0.3 is 15.4 Å². The largest absolute Gasteiger partial charge is 0.379 e. The van der Waals surface area contributed by atoms with Crippen LogP contribution in [-0.2, 0) is 14.8 Å². The van der Waals surface area contributed by atoms with Crippen LogP contribution in [0.4, 0.5) is 10.5 Å². The van der Waals surface area contributed by atoms with Crippen molar-refractivity contribution in [3.8, 4) is 0 Å². The van der Waals surface area contributed by atoms with Crippen molar-refractivity contribution in [1.82, 2.24) is 9.62 Å². The van der Waals surface area contributed by atoms with Gasteiger partial charge in [-0.05, 0) is 31.0 Å². The molecule has 9 heteroatoms. The number of nitrogens with one attached hydrogen (secondary N) is 2. The number of hydrogen-bond acceptors (Lipinski definition) is 4. The number of sulfonamides is 1. The first kappa shape index (κ1) is 16.5. The molecule has 126 valence electrons. The van der Waals surface area contributed by atoms with E-state index in [0.29, 0.717) is 26.3 Å². The van der Waals surface area contributed by atoms with Gasteiger partial charge in [0, 0.05) is 19.1 Å². The molecular weight excluding hydrogens is 342 g/mol. The number of nitrogens with zero attached hydrogens (tertiary/aromatic N) is 1. The average Bonchev–Trinajstić information content (AvgIpc) is 3.34. The smallest absolute Gasteiger partial charge is 0.319 e. The molecule has 0 radical (unpaired) electrons. The molecule has 23 heavy (non-hydrogen) atoms. The van der Waals surface area contributed by atoms with Crippen LogP contribution >= 0.6 is 11.6 Å². The van der Waals surface area contributed by atoms with Gasteiger partial charge in [-0.3, -0.25) is 0 Å². The summed E-state index contributed by atoms with van der Waals surface area (Å²) >= 11 is 6.06. The van der Waals surface area contributed by atoms with Gasteiger partial charge in [-0.15, -0.1) is 0 Å². The lowest BCUT2D eigenvalue weighted by atomic mass is 10.3. The summed E-state index contributed by atoms with van der Waals surface area (Å²) in [5.41, 5.74) is 0.277. The maximum Gasteiger partial charge on any atom is 0.319 e. The standard InChI is InChI=1S/C14H18ClN3O4S/c15-12-4-3-11(23(20,21)18-5-7-22-8-6-18)9-13(12)17-14(19)16-10-1-2-10/h3-4,9-10H,1-2,5-8H2,(H2,16,17,19). The zero-order valence-corrected chi connectivity index (χ0v) is 14.0. The molecule has 1 aliphatic heterocycles. The Morgan fingerprint density at radius 2 is 1.96 bits per heavy atom. The van der Waals surface area contributed by atoms with Crippen LogP contribution in [-0.4, -0.2) is 51.1 Å². The molecular formula is C14H18ClN3O4S. The molecule has 2 fully saturated rings. The SMILES string of the molecule is O=C(Nc1cc(S(=O)(=O)N2CCOCC2)ccc1Cl)NC1CC1. The van der Waals surface area contributed by atoms with Crippen LogP contribution in [0, 0.1) is 0 Å². The Morgan fingerprint density at radius 1 is 1.26 bits per heavy atom. The van der Waals surface area contributed by atoms with Crippen LogP contribution in [0.1, 0.15) is 12.8 Å². The molecule has 0 bridgehead atoms. The van der Waals surface area contributed by atoms with Gasteiger partial charge in [-0.2, -0.15) is 4.31 Å². The molecule has 1 aliphatic carbocycles. The van der Waals surface area contributed by atoms with Gasteiger partial charge in [0.05, 0.1) is 28.8 Å². The van der Waals surface area contributed by atoms with Crippen LogP contribution in [0.25, 0.3) is 0 Å². The third kappa shape index (κ3) is 3.95. The minimum Gasteiger partial charge on any atom is -0.379 e. The number of benzene rings is 1. The van der Waals surface area contributed by atoms with Crippen molar-refractivity contribution in [2.75, 3.05) is 31.6 Å². The average molecular weight is 360 g/mol. The van der Waals surface area contributed by atoms with Gasteiger partial charge in [-0.1, -0.05) is 11.6 Å². The number of anilines is 1. The monoisotopic (exact) mass is 359 g/mol. The number of morpholine rings is 1. The lowest BCUT2D eigenvalue weighted by Crippen LogP contribution is -2.40. The van der Waals surface area contributed by atoms with E-state index in [1.54, 1.807) is 0 Å². The van der Waals surface area contributed by atoms with E-state index in [-0.39, 0.29) is 27.7 Å². The predicted octanol–water partition coefficient (Wildman–Crippen LogP) is 1.64. The van der Waals surface area contributed by atoms with Gasteiger partial charge in [0.2, 0.25) is 10.0 Å². The van der Waals surface area contributed by atoms with Gasteiger partial charge in [0.15, 0.2) is 0 Å². The Labute approximate surface area is 140 Å². The summed E-state index contributed by atoms with van der Waals surface area (Å²) in [5.74, 6) is 0. The van der Waals surface area contributed by atoms with Gasteiger partial charge >= 0.3 is 6.03 Å². The fraction of sp³-hybridized carbons (Fsp3) is 0.500. The van der Waals surface area contributed by atoms with Gasteiger partial charge in [-0.25, -0.2) is 13.2 Å². The fourth-order valence-electron chi connectivity index (χ4n) is 2.27. The van der Waals surface area contributed by atoms with E-state index >= 15 is 0 Å². The maximum atomic E-state index is 12.6. The lowest BCUT2D eigenvalue weighted by molar-refractivity contribution is 0.0730. The molecule has 1 aromatic rings. The van der Waals surface area contributed by atoms with Crippen LogP contribution in [0.5, 0.6) is 0 Å². The number of rotatable bonds is 4. The van der Waals surface area contributed by atoms with E-state index in [1.165, 1.54) is 22.5 Å². The first-order valence-electron chi connectivity index (χ1n) is 7.42. The molecule has 0 aromatic heterocycles. The van der Waals surface area contributed by atoms with Crippen molar-refractivity contribution < 1.29 is 17.9 Å². The normalized spacial score (nSPS) is 19.3. The van der Waals surface area contributed by atoms with E-state index in [2.05, 4.69) is 10.6 Å². The van der Waals surface area contributed by atoms with Crippen LogP contribution in [0.2, 0.25) is 5.02 Å². The number of halogens is 1. The molecule has 2 aliphatic rings. The van der Waals surface area contributed by atoms with Gasteiger partial charge in [0.25, 0.3) is 0 Å². The van der Waals surface area contributed by atoms with Crippen molar-refractivity contribution in [1.29, 1.82) is 0 Å². The Balaban J connectivity index is 1.79. The zero-order valence-electron chi connectivity index (χ0n) is 12.4. The molecule has 3 rings (SSSR count). The van der Waals surface area contributed by atoms with Crippen LogP contribution in [0.3, 0.4) is 0 Å². The second-order valence-electron chi connectivity index (χ2n) is 5.53.